The molecular formula is C15H18ClN3O3. The molecule has 1 aromatic carbocycles. The van der Waals surface area contributed by atoms with Crippen molar-refractivity contribution in [3.8, 4) is 0 Å². The Hall–Kier alpha value is -2.08. The molecule has 22 heavy (non-hydrogen) atoms. The van der Waals surface area contributed by atoms with Gasteiger partial charge in [0.15, 0.2) is 0 Å². The zero-order valence-corrected chi connectivity index (χ0v) is 12.8. The first kappa shape index (κ1) is 16.3. The van der Waals surface area contributed by atoms with E-state index in [2.05, 4.69) is 10.6 Å². The molecule has 0 aliphatic carbocycles. The molecule has 118 valence electrons. The van der Waals surface area contributed by atoms with Crippen molar-refractivity contribution in [2.75, 3.05) is 24.5 Å². The summed E-state index contributed by atoms with van der Waals surface area (Å²) >= 11 is 5.83. The van der Waals surface area contributed by atoms with Gasteiger partial charge in [-0.3, -0.25) is 14.4 Å². The molecule has 0 radical (unpaired) electrons. The van der Waals surface area contributed by atoms with Gasteiger partial charge in [-0.15, -0.1) is 0 Å². The van der Waals surface area contributed by atoms with E-state index >= 15 is 0 Å². The van der Waals surface area contributed by atoms with Gasteiger partial charge < -0.3 is 15.5 Å². The van der Waals surface area contributed by atoms with Crippen LogP contribution >= 0.6 is 11.6 Å². The molecular weight excluding hydrogens is 306 g/mol. The minimum atomic E-state index is -0.345. The highest BCUT2D eigenvalue weighted by atomic mass is 35.5. The second-order valence-corrected chi connectivity index (χ2v) is 5.53. The van der Waals surface area contributed by atoms with Crippen molar-refractivity contribution >= 4 is 35.5 Å². The molecule has 1 heterocycles. The predicted molar refractivity (Wildman–Crippen MR) is 83.6 cm³/mol. The summed E-state index contributed by atoms with van der Waals surface area (Å²) < 4.78 is 0. The molecule has 6 nitrogen and oxygen atoms in total. The van der Waals surface area contributed by atoms with Gasteiger partial charge in [-0.1, -0.05) is 11.6 Å². The minimum Gasteiger partial charge on any atom is -0.359 e. The van der Waals surface area contributed by atoms with Gasteiger partial charge in [0.05, 0.1) is 5.92 Å². The second-order valence-electron chi connectivity index (χ2n) is 5.10. The summed E-state index contributed by atoms with van der Waals surface area (Å²) in [5.41, 5.74) is 0.750. The Labute approximate surface area is 133 Å². The molecule has 0 bridgehead atoms. The number of halogens is 1. The van der Waals surface area contributed by atoms with E-state index in [1.807, 2.05) is 0 Å². The topological polar surface area (TPSA) is 78.5 Å². The van der Waals surface area contributed by atoms with Crippen LogP contribution in [0.3, 0.4) is 0 Å². The third-order valence-corrected chi connectivity index (χ3v) is 3.77. The monoisotopic (exact) mass is 323 g/mol. The summed E-state index contributed by atoms with van der Waals surface area (Å²) in [5.74, 6) is -0.539. The van der Waals surface area contributed by atoms with Crippen molar-refractivity contribution in [3.63, 3.8) is 0 Å². The van der Waals surface area contributed by atoms with Crippen LogP contribution in [-0.4, -0.2) is 37.9 Å². The van der Waals surface area contributed by atoms with Crippen LogP contribution < -0.4 is 15.5 Å². The number of anilines is 1. The molecule has 1 atom stereocenters. The van der Waals surface area contributed by atoms with E-state index in [0.29, 0.717) is 37.5 Å². The maximum absolute atomic E-state index is 12.1. The summed E-state index contributed by atoms with van der Waals surface area (Å²) in [5, 5.41) is 5.92. The van der Waals surface area contributed by atoms with Crippen molar-refractivity contribution in [2.45, 2.75) is 12.8 Å². The average molecular weight is 324 g/mol. The Morgan fingerprint density at radius 2 is 2.05 bits per heavy atom. The van der Waals surface area contributed by atoms with Gasteiger partial charge >= 0.3 is 0 Å². The van der Waals surface area contributed by atoms with Gasteiger partial charge in [0.1, 0.15) is 0 Å². The lowest BCUT2D eigenvalue weighted by Gasteiger charge is -2.16. The van der Waals surface area contributed by atoms with Crippen molar-refractivity contribution in [1.29, 1.82) is 0 Å². The molecule has 3 amide bonds. The van der Waals surface area contributed by atoms with Crippen LogP contribution in [0.1, 0.15) is 12.8 Å². The van der Waals surface area contributed by atoms with Gasteiger partial charge in [0, 0.05) is 36.8 Å². The van der Waals surface area contributed by atoms with E-state index in [0.717, 1.165) is 5.69 Å². The number of rotatable bonds is 7. The standard InChI is InChI=1S/C15H18ClN3O3/c16-12-2-4-13(5-3-12)19-9-11(8-14(19)21)15(22)18-7-1-6-17-10-20/h2-5,10-11H,1,6-9H2,(H,17,20)(H,18,22). The van der Waals surface area contributed by atoms with Gasteiger partial charge in [-0.25, -0.2) is 0 Å². The molecule has 1 aliphatic rings. The number of nitrogens with one attached hydrogen (secondary N) is 2. The Kier molecular flexibility index (Phi) is 5.77. The SMILES string of the molecule is O=CNCCCNC(=O)C1CC(=O)N(c2ccc(Cl)cc2)C1. The van der Waals surface area contributed by atoms with Crippen LogP contribution in [0, 0.1) is 5.92 Å². The van der Waals surface area contributed by atoms with Crippen LogP contribution in [-0.2, 0) is 14.4 Å². The van der Waals surface area contributed by atoms with Crippen LogP contribution in [0.2, 0.25) is 5.02 Å². The van der Waals surface area contributed by atoms with E-state index in [1.54, 1.807) is 29.2 Å². The summed E-state index contributed by atoms with van der Waals surface area (Å²) in [6.07, 6.45) is 1.49. The predicted octanol–water partition coefficient (Wildman–Crippen LogP) is 0.945. The fourth-order valence-electron chi connectivity index (χ4n) is 2.36. The lowest BCUT2D eigenvalue weighted by atomic mass is 10.1. The average Bonchev–Trinajstić information content (AvgIpc) is 2.90. The first-order chi connectivity index (χ1) is 10.6. The Bertz CT molecular complexity index is 547. The number of hydrogen-bond donors (Lipinski definition) is 2. The van der Waals surface area contributed by atoms with E-state index in [4.69, 9.17) is 11.6 Å². The maximum atomic E-state index is 12.1. The van der Waals surface area contributed by atoms with Crippen LogP contribution in [0.5, 0.6) is 0 Å². The number of nitrogens with zero attached hydrogens (tertiary/aromatic N) is 1. The minimum absolute atomic E-state index is 0.0647. The normalized spacial score (nSPS) is 17.4. The number of amides is 3. The molecule has 2 rings (SSSR count). The molecule has 1 saturated heterocycles. The molecule has 1 unspecified atom stereocenters. The number of benzene rings is 1. The molecule has 1 aliphatic heterocycles. The molecule has 7 heteroatoms. The zero-order valence-electron chi connectivity index (χ0n) is 12.0. The van der Waals surface area contributed by atoms with Crippen LogP contribution in [0.15, 0.2) is 24.3 Å². The fraction of sp³-hybridized carbons (Fsp3) is 0.400. The highest BCUT2D eigenvalue weighted by molar-refractivity contribution is 6.30. The van der Waals surface area contributed by atoms with E-state index < -0.39 is 0 Å². The highest BCUT2D eigenvalue weighted by Crippen LogP contribution is 2.26. The van der Waals surface area contributed by atoms with Gasteiger partial charge in [0.2, 0.25) is 18.2 Å². The number of carbonyl (C=O) groups is 3. The first-order valence-electron chi connectivity index (χ1n) is 7.12. The Morgan fingerprint density at radius 3 is 2.73 bits per heavy atom. The zero-order chi connectivity index (χ0) is 15.9. The van der Waals surface area contributed by atoms with E-state index in [-0.39, 0.29) is 24.2 Å². The smallest absolute Gasteiger partial charge is 0.227 e. The quantitative estimate of drug-likeness (QED) is 0.579. The van der Waals surface area contributed by atoms with Crippen LogP contribution in [0.25, 0.3) is 0 Å². The lowest BCUT2D eigenvalue weighted by molar-refractivity contribution is -0.126. The van der Waals surface area contributed by atoms with Crippen molar-refractivity contribution < 1.29 is 14.4 Å². The molecule has 1 fully saturated rings. The molecule has 0 spiro atoms. The highest BCUT2D eigenvalue weighted by Gasteiger charge is 2.34. The summed E-state index contributed by atoms with van der Waals surface area (Å²) in [7, 11) is 0. The molecule has 2 N–H and O–H groups in total. The van der Waals surface area contributed by atoms with E-state index in [9.17, 15) is 14.4 Å². The van der Waals surface area contributed by atoms with Gasteiger partial charge in [-0.2, -0.15) is 0 Å². The largest absolute Gasteiger partial charge is 0.359 e. The third kappa shape index (κ3) is 4.21. The van der Waals surface area contributed by atoms with Crippen molar-refractivity contribution in [3.05, 3.63) is 29.3 Å². The first-order valence-corrected chi connectivity index (χ1v) is 7.50. The lowest BCUT2D eigenvalue weighted by Crippen LogP contribution is -2.34. The van der Waals surface area contributed by atoms with E-state index in [1.165, 1.54) is 0 Å². The second kappa shape index (κ2) is 7.79. The van der Waals surface area contributed by atoms with Crippen molar-refractivity contribution in [1.82, 2.24) is 10.6 Å². The number of hydrogen-bond acceptors (Lipinski definition) is 3. The maximum Gasteiger partial charge on any atom is 0.227 e. The van der Waals surface area contributed by atoms with Gasteiger partial charge in [-0.05, 0) is 30.7 Å². The number of carbonyl (C=O) groups excluding carboxylic acids is 3. The summed E-state index contributed by atoms with van der Waals surface area (Å²) in [4.78, 5) is 35.8. The molecule has 1 aromatic rings. The fourth-order valence-corrected chi connectivity index (χ4v) is 2.49. The van der Waals surface area contributed by atoms with Crippen molar-refractivity contribution in [2.24, 2.45) is 5.92 Å². The van der Waals surface area contributed by atoms with Crippen LogP contribution in [0.4, 0.5) is 5.69 Å². The Morgan fingerprint density at radius 1 is 1.32 bits per heavy atom. The van der Waals surface area contributed by atoms with Gasteiger partial charge in [0.25, 0.3) is 0 Å². The molecule has 0 saturated carbocycles. The third-order valence-electron chi connectivity index (χ3n) is 3.51. The molecule has 0 aromatic heterocycles. The Balaban J connectivity index is 1.84. The summed E-state index contributed by atoms with van der Waals surface area (Å²) in [6, 6.07) is 6.98. The summed E-state index contributed by atoms with van der Waals surface area (Å²) in [6.45, 7) is 1.37.